The van der Waals surface area contributed by atoms with Gasteiger partial charge >= 0.3 is 10.3 Å². The van der Waals surface area contributed by atoms with Gasteiger partial charge in [-0.2, -0.15) is 12.7 Å². The Hall–Kier alpha value is -0.170. The molecule has 2 rings (SSSR count). The molecule has 0 N–H and O–H groups in total. The largest absolute Gasteiger partial charge is 0.378 e. The van der Waals surface area contributed by atoms with E-state index in [1.54, 1.807) is 0 Å². The molecular weight excluding hydrogens is 182 g/mol. The third-order valence-electron chi connectivity index (χ3n) is 2.13. The van der Waals surface area contributed by atoms with Crippen LogP contribution in [0.15, 0.2) is 0 Å². The fourth-order valence-corrected chi connectivity index (χ4v) is 3.07. The van der Waals surface area contributed by atoms with Gasteiger partial charge in [-0.05, 0) is 6.92 Å². The molecule has 2 aliphatic rings. The van der Waals surface area contributed by atoms with Crippen LogP contribution in [0.5, 0.6) is 0 Å². The molecule has 2 heterocycles. The van der Waals surface area contributed by atoms with Crippen LogP contribution in [0.1, 0.15) is 6.92 Å². The van der Waals surface area contributed by atoms with Crippen LogP contribution in [0.3, 0.4) is 0 Å². The Balaban J connectivity index is 2.29. The molecule has 2 aliphatic heterocycles. The van der Waals surface area contributed by atoms with Gasteiger partial charge in [-0.3, -0.25) is 4.18 Å². The number of hydrogen-bond acceptors (Lipinski definition) is 4. The van der Waals surface area contributed by atoms with E-state index in [1.165, 1.54) is 4.31 Å². The first-order valence-corrected chi connectivity index (χ1v) is 5.23. The predicted molar refractivity (Wildman–Crippen MR) is 40.8 cm³/mol. The summed E-state index contributed by atoms with van der Waals surface area (Å²) in [6.07, 6.45) is 0. The summed E-state index contributed by atoms with van der Waals surface area (Å²) in [5.74, 6) is 0. The quantitative estimate of drug-likeness (QED) is 0.513. The normalized spacial score (nSPS) is 41.1. The summed E-state index contributed by atoms with van der Waals surface area (Å²) >= 11 is 0. The van der Waals surface area contributed by atoms with Gasteiger partial charge in [0, 0.05) is 6.04 Å². The first-order chi connectivity index (χ1) is 5.61. The molecule has 0 radical (unpaired) electrons. The highest BCUT2D eigenvalue weighted by Gasteiger charge is 2.44. The third kappa shape index (κ3) is 1.15. The fourth-order valence-electron chi connectivity index (χ4n) is 1.63. The summed E-state index contributed by atoms with van der Waals surface area (Å²) in [7, 11) is -3.44. The summed E-state index contributed by atoms with van der Waals surface area (Å²) in [5, 5.41) is 0. The lowest BCUT2D eigenvalue weighted by atomic mass is 10.2. The van der Waals surface area contributed by atoms with Crippen molar-refractivity contribution in [1.29, 1.82) is 0 Å². The smallest absolute Gasteiger partial charge is 0.339 e. The lowest BCUT2D eigenvalue weighted by Gasteiger charge is -2.31. The molecule has 0 aromatic rings. The van der Waals surface area contributed by atoms with Crippen LogP contribution in [-0.2, 0) is 19.2 Å². The number of nitrogens with zero attached hydrogens (tertiary/aromatic N) is 1. The molecule has 0 aromatic carbocycles. The summed E-state index contributed by atoms with van der Waals surface area (Å²) in [4.78, 5) is 0. The van der Waals surface area contributed by atoms with Crippen molar-refractivity contribution >= 4 is 10.3 Å². The topological polar surface area (TPSA) is 55.8 Å². The molecule has 0 aromatic heterocycles. The number of rotatable bonds is 0. The van der Waals surface area contributed by atoms with Gasteiger partial charge in [-0.25, -0.2) is 0 Å². The Morgan fingerprint density at radius 1 is 1.33 bits per heavy atom. The third-order valence-corrected chi connectivity index (χ3v) is 3.74. The average Bonchev–Trinajstić information content (AvgIpc) is 2.29. The standard InChI is InChI=1S/C6H11NO4S/c1-5-2-10-3-6-4-11-12(8,9)7(5)6/h5-6H,2-4H2,1H3/t5-,6-/m0/s1. The van der Waals surface area contributed by atoms with E-state index in [0.717, 1.165) is 0 Å². The molecule has 2 fully saturated rings. The second-order valence-electron chi connectivity index (χ2n) is 3.11. The zero-order chi connectivity index (χ0) is 8.77. The molecule has 0 amide bonds. The van der Waals surface area contributed by atoms with Crippen LogP contribution in [-0.4, -0.2) is 44.6 Å². The van der Waals surface area contributed by atoms with E-state index in [4.69, 9.17) is 4.74 Å². The van der Waals surface area contributed by atoms with Crippen LogP contribution in [0.25, 0.3) is 0 Å². The van der Waals surface area contributed by atoms with Gasteiger partial charge in [-0.15, -0.1) is 0 Å². The second kappa shape index (κ2) is 2.66. The van der Waals surface area contributed by atoms with Gasteiger partial charge in [0.2, 0.25) is 0 Å². The molecule has 0 saturated carbocycles. The van der Waals surface area contributed by atoms with Crippen molar-refractivity contribution in [3.05, 3.63) is 0 Å². The van der Waals surface area contributed by atoms with Gasteiger partial charge in [0.15, 0.2) is 0 Å². The SMILES string of the molecule is C[C@H]1COC[C@H]2COS(=O)(=O)N21. The second-order valence-corrected chi connectivity index (χ2v) is 4.63. The highest BCUT2D eigenvalue weighted by Crippen LogP contribution is 2.25. The van der Waals surface area contributed by atoms with E-state index in [0.29, 0.717) is 13.2 Å². The maximum absolute atomic E-state index is 11.3. The van der Waals surface area contributed by atoms with Gasteiger partial charge in [0.25, 0.3) is 0 Å². The van der Waals surface area contributed by atoms with E-state index in [-0.39, 0.29) is 18.7 Å². The molecule has 2 saturated heterocycles. The van der Waals surface area contributed by atoms with Crippen molar-refractivity contribution in [1.82, 2.24) is 4.31 Å². The van der Waals surface area contributed by atoms with Gasteiger partial charge in [0.1, 0.15) is 0 Å². The summed E-state index contributed by atoms with van der Waals surface area (Å²) < 4.78 is 33.8. The van der Waals surface area contributed by atoms with E-state index in [2.05, 4.69) is 4.18 Å². The van der Waals surface area contributed by atoms with Crippen molar-refractivity contribution < 1.29 is 17.3 Å². The van der Waals surface area contributed by atoms with Crippen molar-refractivity contribution in [2.24, 2.45) is 0 Å². The first kappa shape index (κ1) is 8.43. The molecule has 0 aliphatic carbocycles. The molecular formula is C6H11NO4S. The molecule has 6 heteroatoms. The molecule has 5 nitrogen and oxygen atoms in total. The maximum Gasteiger partial charge on any atom is 0.339 e. The summed E-state index contributed by atoms with van der Waals surface area (Å²) in [5.41, 5.74) is 0. The van der Waals surface area contributed by atoms with Crippen LogP contribution >= 0.6 is 0 Å². The molecule has 12 heavy (non-hydrogen) atoms. The number of hydrogen-bond donors (Lipinski definition) is 0. The molecule has 0 unspecified atom stereocenters. The minimum atomic E-state index is -3.44. The lowest BCUT2D eigenvalue weighted by molar-refractivity contribution is 0.00653. The molecule has 2 atom stereocenters. The minimum absolute atomic E-state index is 0.101. The molecule has 0 spiro atoms. The van der Waals surface area contributed by atoms with Crippen LogP contribution in [0.2, 0.25) is 0 Å². The highest BCUT2D eigenvalue weighted by molar-refractivity contribution is 7.84. The summed E-state index contributed by atoms with van der Waals surface area (Å²) in [6, 6.07) is -0.213. The Kier molecular flexibility index (Phi) is 1.87. The van der Waals surface area contributed by atoms with Gasteiger partial charge in [0.05, 0.1) is 25.9 Å². The summed E-state index contributed by atoms with van der Waals surface area (Å²) in [6.45, 7) is 2.95. The Morgan fingerprint density at radius 3 is 2.75 bits per heavy atom. The highest BCUT2D eigenvalue weighted by atomic mass is 32.2. The van der Waals surface area contributed by atoms with E-state index < -0.39 is 10.3 Å². The van der Waals surface area contributed by atoms with Crippen LogP contribution < -0.4 is 0 Å². The monoisotopic (exact) mass is 193 g/mol. The minimum Gasteiger partial charge on any atom is -0.378 e. The molecule has 0 bridgehead atoms. The predicted octanol–water partition coefficient (Wildman–Crippen LogP) is -0.649. The van der Waals surface area contributed by atoms with E-state index >= 15 is 0 Å². The Labute approximate surface area is 71.5 Å². The van der Waals surface area contributed by atoms with E-state index in [1.807, 2.05) is 6.92 Å². The molecule has 70 valence electrons. The Morgan fingerprint density at radius 2 is 2.08 bits per heavy atom. The number of morpholine rings is 1. The number of ether oxygens (including phenoxy) is 1. The van der Waals surface area contributed by atoms with Gasteiger partial charge in [-0.1, -0.05) is 0 Å². The van der Waals surface area contributed by atoms with Crippen molar-refractivity contribution in [3.63, 3.8) is 0 Å². The lowest BCUT2D eigenvalue weighted by Crippen LogP contribution is -2.49. The van der Waals surface area contributed by atoms with Crippen molar-refractivity contribution in [3.8, 4) is 0 Å². The van der Waals surface area contributed by atoms with Crippen LogP contribution in [0.4, 0.5) is 0 Å². The van der Waals surface area contributed by atoms with Crippen LogP contribution in [0, 0.1) is 0 Å². The van der Waals surface area contributed by atoms with Crippen molar-refractivity contribution in [2.75, 3.05) is 19.8 Å². The first-order valence-electron chi connectivity index (χ1n) is 3.87. The zero-order valence-corrected chi connectivity index (χ0v) is 7.58. The maximum atomic E-state index is 11.3. The van der Waals surface area contributed by atoms with Gasteiger partial charge < -0.3 is 4.74 Å². The Bertz CT molecular complexity index is 275. The number of fused-ring (bicyclic) bond motifs is 1. The zero-order valence-electron chi connectivity index (χ0n) is 6.76. The van der Waals surface area contributed by atoms with Crippen molar-refractivity contribution in [2.45, 2.75) is 19.0 Å². The van der Waals surface area contributed by atoms with E-state index in [9.17, 15) is 8.42 Å². The average molecular weight is 193 g/mol. The fraction of sp³-hybridized carbons (Fsp3) is 1.00.